The van der Waals surface area contributed by atoms with Crippen molar-refractivity contribution in [1.29, 1.82) is 0 Å². The number of carbonyl (C=O) groups is 2. The van der Waals surface area contributed by atoms with Gasteiger partial charge in [0, 0.05) is 19.3 Å². The van der Waals surface area contributed by atoms with E-state index in [2.05, 4.69) is 10.4 Å². The van der Waals surface area contributed by atoms with E-state index in [4.69, 9.17) is 5.11 Å². The fraction of sp³-hybridized carbons (Fsp3) is 0.444. The van der Waals surface area contributed by atoms with E-state index in [1.807, 2.05) is 6.92 Å². The highest BCUT2D eigenvalue weighted by molar-refractivity contribution is 5.92. The molecule has 82 valence electrons. The Balaban J connectivity index is 2.50. The maximum atomic E-state index is 11.4. The predicted octanol–water partition coefficient (Wildman–Crippen LogP) is -0.0670. The summed E-state index contributed by atoms with van der Waals surface area (Å²) in [6.07, 6.45) is -0.0858. The first-order chi connectivity index (χ1) is 7.00. The summed E-state index contributed by atoms with van der Waals surface area (Å²) in [5, 5.41) is 14.8. The summed E-state index contributed by atoms with van der Waals surface area (Å²) < 4.78 is 1.59. The molecule has 0 spiro atoms. The number of nitrogens with one attached hydrogen (secondary N) is 1. The Morgan fingerprint density at radius 1 is 1.60 bits per heavy atom. The average Bonchev–Trinajstić information content (AvgIpc) is 2.46. The van der Waals surface area contributed by atoms with Gasteiger partial charge in [-0.1, -0.05) is 0 Å². The summed E-state index contributed by atoms with van der Waals surface area (Å²) in [7, 11) is 1.74. The number of carbonyl (C=O) groups excluding carboxylic acids is 1. The standard InChI is InChI=1S/C9H13N3O3/c1-6-5-7(11-12(6)2)9(15)10-4-3-8(13)14/h5H,3-4H2,1-2H3,(H,10,15)(H,13,14). The van der Waals surface area contributed by atoms with Crippen LogP contribution in [0.4, 0.5) is 0 Å². The van der Waals surface area contributed by atoms with E-state index in [-0.39, 0.29) is 18.9 Å². The van der Waals surface area contributed by atoms with Crippen molar-refractivity contribution >= 4 is 11.9 Å². The molecule has 6 heteroatoms. The summed E-state index contributed by atoms with van der Waals surface area (Å²) in [6, 6.07) is 1.65. The third-order valence-electron chi connectivity index (χ3n) is 1.97. The lowest BCUT2D eigenvalue weighted by Crippen LogP contribution is -2.26. The highest BCUT2D eigenvalue weighted by Gasteiger charge is 2.10. The first-order valence-electron chi connectivity index (χ1n) is 4.51. The largest absolute Gasteiger partial charge is 0.481 e. The molecule has 0 aliphatic carbocycles. The Bertz CT molecular complexity index is 364. The Hall–Kier alpha value is -1.85. The Morgan fingerprint density at radius 3 is 2.73 bits per heavy atom. The number of hydrogen-bond donors (Lipinski definition) is 2. The second kappa shape index (κ2) is 4.59. The molecule has 15 heavy (non-hydrogen) atoms. The molecule has 0 aliphatic heterocycles. The molecule has 0 fully saturated rings. The minimum absolute atomic E-state index is 0.0858. The van der Waals surface area contributed by atoms with Gasteiger partial charge in [-0.05, 0) is 13.0 Å². The second-order valence-electron chi connectivity index (χ2n) is 3.19. The lowest BCUT2D eigenvalue weighted by atomic mass is 10.3. The maximum Gasteiger partial charge on any atom is 0.305 e. The molecule has 0 atom stereocenters. The molecule has 1 aromatic rings. The summed E-state index contributed by atoms with van der Waals surface area (Å²) in [4.78, 5) is 21.6. The zero-order valence-electron chi connectivity index (χ0n) is 8.65. The fourth-order valence-electron chi connectivity index (χ4n) is 1.05. The van der Waals surface area contributed by atoms with E-state index in [1.54, 1.807) is 17.8 Å². The minimum Gasteiger partial charge on any atom is -0.481 e. The molecule has 0 radical (unpaired) electrons. The quantitative estimate of drug-likeness (QED) is 0.730. The number of aliphatic carboxylic acids is 1. The summed E-state index contributed by atoms with van der Waals surface area (Å²) in [6.45, 7) is 1.95. The van der Waals surface area contributed by atoms with Gasteiger partial charge in [-0.2, -0.15) is 5.10 Å². The monoisotopic (exact) mass is 211 g/mol. The normalized spacial score (nSPS) is 10.0. The molecule has 1 rings (SSSR count). The first-order valence-corrected chi connectivity index (χ1v) is 4.51. The van der Waals surface area contributed by atoms with Crippen LogP contribution >= 0.6 is 0 Å². The zero-order valence-corrected chi connectivity index (χ0v) is 8.65. The number of aryl methyl sites for hydroxylation is 2. The van der Waals surface area contributed by atoms with Gasteiger partial charge in [0.25, 0.3) is 5.91 Å². The third kappa shape index (κ3) is 3.08. The zero-order chi connectivity index (χ0) is 11.4. The lowest BCUT2D eigenvalue weighted by Gasteiger charge is -1.99. The number of nitrogens with zero attached hydrogens (tertiary/aromatic N) is 2. The van der Waals surface area contributed by atoms with Gasteiger partial charge in [0.2, 0.25) is 0 Å². The van der Waals surface area contributed by atoms with Gasteiger partial charge in [0.1, 0.15) is 5.69 Å². The van der Waals surface area contributed by atoms with E-state index < -0.39 is 5.97 Å². The number of carboxylic acids is 1. The number of aromatic nitrogens is 2. The molecule has 0 unspecified atom stereocenters. The number of rotatable bonds is 4. The van der Waals surface area contributed by atoms with Gasteiger partial charge in [0.05, 0.1) is 6.42 Å². The highest BCUT2D eigenvalue weighted by atomic mass is 16.4. The van der Waals surface area contributed by atoms with Crippen molar-refractivity contribution in [1.82, 2.24) is 15.1 Å². The molecule has 0 saturated heterocycles. The molecule has 0 saturated carbocycles. The van der Waals surface area contributed by atoms with Crippen molar-refractivity contribution in [3.63, 3.8) is 0 Å². The molecule has 2 N–H and O–H groups in total. The van der Waals surface area contributed by atoms with Crippen LogP contribution in [0.3, 0.4) is 0 Å². The molecule has 1 heterocycles. The molecule has 6 nitrogen and oxygen atoms in total. The summed E-state index contributed by atoms with van der Waals surface area (Å²) in [5.41, 5.74) is 1.18. The average molecular weight is 211 g/mol. The fourth-order valence-corrected chi connectivity index (χ4v) is 1.05. The van der Waals surface area contributed by atoms with E-state index in [9.17, 15) is 9.59 Å². The van der Waals surface area contributed by atoms with Crippen LogP contribution in [0.1, 0.15) is 22.6 Å². The van der Waals surface area contributed by atoms with Crippen LogP contribution < -0.4 is 5.32 Å². The lowest BCUT2D eigenvalue weighted by molar-refractivity contribution is -0.136. The molecule has 1 amide bonds. The Labute approximate surface area is 86.9 Å². The molecule has 0 bridgehead atoms. The van der Waals surface area contributed by atoms with Crippen molar-refractivity contribution < 1.29 is 14.7 Å². The van der Waals surface area contributed by atoms with Gasteiger partial charge in [-0.15, -0.1) is 0 Å². The van der Waals surface area contributed by atoms with Crippen molar-refractivity contribution in [2.24, 2.45) is 7.05 Å². The van der Waals surface area contributed by atoms with Crippen LogP contribution in [-0.4, -0.2) is 33.3 Å². The van der Waals surface area contributed by atoms with Crippen molar-refractivity contribution in [3.8, 4) is 0 Å². The van der Waals surface area contributed by atoms with Crippen LogP contribution in [0.5, 0.6) is 0 Å². The molecule has 0 aromatic carbocycles. The third-order valence-corrected chi connectivity index (χ3v) is 1.97. The molecular weight excluding hydrogens is 198 g/mol. The van der Waals surface area contributed by atoms with Gasteiger partial charge in [-0.3, -0.25) is 14.3 Å². The Kier molecular flexibility index (Phi) is 3.43. The highest BCUT2D eigenvalue weighted by Crippen LogP contribution is 2.00. The first kappa shape index (κ1) is 11.2. The SMILES string of the molecule is Cc1cc(C(=O)NCCC(=O)O)nn1C. The molecule has 0 aliphatic rings. The van der Waals surface area contributed by atoms with E-state index in [1.165, 1.54) is 0 Å². The van der Waals surface area contributed by atoms with Gasteiger partial charge in [-0.25, -0.2) is 0 Å². The molecular formula is C9H13N3O3. The van der Waals surface area contributed by atoms with E-state index in [0.29, 0.717) is 5.69 Å². The number of carboxylic acid groups (broad SMARTS) is 1. The van der Waals surface area contributed by atoms with Gasteiger partial charge in [0.15, 0.2) is 0 Å². The van der Waals surface area contributed by atoms with Crippen LogP contribution in [-0.2, 0) is 11.8 Å². The topological polar surface area (TPSA) is 84.2 Å². The van der Waals surface area contributed by atoms with Crippen molar-refractivity contribution in [2.75, 3.05) is 6.54 Å². The van der Waals surface area contributed by atoms with E-state index in [0.717, 1.165) is 5.69 Å². The summed E-state index contributed by atoms with van der Waals surface area (Å²) >= 11 is 0. The van der Waals surface area contributed by atoms with Crippen LogP contribution in [0.25, 0.3) is 0 Å². The number of amides is 1. The maximum absolute atomic E-state index is 11.4. The van der Waals surface area contributed by atoms with Crippen molar-refractivity contribution in [2.45, 2.75) is 13.3 Å². The van der Waals surface area contributed by atoms with Crippen LogP contribution in [0, 0.1) is 6.92 Å². The van der Waals surface area contributed by atoms with Gasteiger partial charge >= 0.3 is 5.97 Å². The van der Waals surface area contributed by atoms with Crippen LogP contribution in [0.15, 0.2) is 6.07 Å². The van der Waals surface area contributed by atoms with Crippen LogP contribution in [0.2, 0.25) is 0 Å². The minimum atomic E-state index is -0.937. The van der Waals surface area contributed by atoms with E-state index >= 15 is 0 Å². The predicted molar refractivity (Wildman–Crippen MR) is 52.5 cm³/mol. The smallest absolute Gasteiger partial charge is 0.305 e. The Morgan fingerprint density at radius 2 is 2.27 bits per heavy atom. The summed E-state index contributed by atoms with van der Waals surface area (Å²) in [5.74, 6) is -1.28. The molecule has 1 aromatic heterocycles. The van der Waals surface area contributed by atoms with Gasteiger partial charge < -0.3 is 10.4 Å². The van der Waals surface area contributed by atoms with Crippen molar-refractivity contribution in [3.05, 3.63) is 17.5 Å². The second-order valence-corrected chi connectivity index (χ2v) is 3.19. The number of hydrogen-bond acceptors (Lipinski definition) is 3.